The maximum Gasteiger partial charge on any atom is 0.375 e. The number of benzene rings is 3. The standard InChI is InChI=1S/C28H23FO8/c1-4-35-28(32)27-25(17-7-12-22(33-2)24(13-17)34-3)26(31)20-11-10-19(14-23(20)37-27)36-15-21(30)16-5-8-18(29)9-6-16/h5-14H,4,15H2,1-3H3. The molecule has 37 heavy (non-hydrogen) atoms. The molecule has 8 nitrogen and oxygen atoms in total. The number of halogens is 1. The van der Waals surface area contributed by atoms with Gasteiger partial charge in [0.2, 0.25) is 11.2 Å². The molecule has 3 aromatic carbocycles. The Bertz CT molecular complexity index is 1520. The average Bonchev–Trinajstić information content (AvgIpc) is 2.91. The molecule has 1 heterocycles. The summed E-state index contributed by atoms with van der Waals surface area (Å²) in [6, 6.07) is 14.3. The van der Waals surface area contributed by atoms with E-state index in [1.807, 2.05) is 0 Å². The molecule has 190 valence electrons. The second kappa shape index (κ2) is 10.9. The smallest absolute Gasteiger partial charge is 0.375 e. The molecule has 0 radical (unpaired) electrons. The molecule has 1 aromatic heterocycles. The van der Waals surface area contributed by atoms with Crippen molar-refractivity contribution in [1.82, 2.24) is 0 Å². The fraction of sp³-hybridized carbons (Fsp3) is 0.179. The lowest BCUT2D eigenvalue weighted by Crippen LogP contribution is -2.15. The van der Waals surface area contributed by atoms with E-state index in [1.54, 1.807) is 25.1 Å². The van der Waals surface area contributed by atoms with Gasteiger partial charge < -0.3 is 23.4 Å². The largest absolute Gasteiger partial charge is 0.493 e. The van der Waals surface area contributed by atoms with E-state index in [2.05, 4.69) is 0 Å². The molecule has 0 aliphatic rings. The van der Waals surface area contributed by atoms with Gasteiger partial charge in [0, 0.05) is 11.6 Å². The fourth-order valence-corrected chi connectivity index (χ4v) is 3.73. The minimum Gasteiger partial charge on any atom is -0.493 e. The van der Waals surface area contributed by atoms with Crippen LogP contribution in [-0.4, -0.2) is 39.2 Å². The van der Waals surface area contributed by atoms with Crippen LogP contribution in [0.4, 0.5) is 4.39 Å². The van der Waals surface area contributed by atoms with Crippen molar-refractivity contribution in [2.24, 2.45) is 0 Å². The zero-order valence-corrected chi connectivity index (χ0v) is 20.3. The minimum absolute atomic E-state index is 0.00654. The SMILES string of the molecule is CCOC(=O)c1oc2cc(OCC(=O)c3ccc(F)cc3)ccc2c(=O)c1-c1ccc(OC)c(OC)c1. The molecular formula is C28H23FO8. The van der Waals surface area contributed by atoms with Crippen LogP contribution < -0.4 is 19.6 Å². The lowest BCUT2D eigenvalue weighted by atomic mass is 10.0. The first-order valence-electron chi connectivity index (χ1n) is 11.3. The topological polar surface area (TPSA) is 101 Å². The zero-order chi connectivity index (χ0) is 26.5. The number of rotatable bonds is 9. The summed E-state index contributed by atoms with van der Waals surface area (Å²) < 4.78 is 40.3. The lowest BCUT2D eigenvalue weighted by Gasteiger charge is -2.13. The Labute approximate surface area is 211 Å². The highest BCUT2D eigenvalue weighted by molar-refractivity contribution is 5.98. The molecule has 0 spiro atoms. The first-order valence-corrected chi connectivity index (χ1v) is 11.3. The molecule has 0 saturated carbocycles. The molecule has 0 atom stereocenters. The number of ketones is 1. The molecule has 0 amide bonds. The monoisotopic (exact) mass is 506 g/mol. The number of esters is 1. The summed E-state index contributed by atoms with van der Waals surface area (Å²) in [5, 5.41) is 0.190. The molecule has 4 rings (SSSR count). The van der Waals surface area contributed by atoms with Gasteiger partial charge in [0.15, 0.2) is 23.9 Å². The Kier molecular flexibility index (Phi) is 7.52. The van der Waals surface area contributed by atoms with Crippen LogP contribution in [-0.2, 0) is 4.74 Å². The van der Waals surface area contributed by atoms with Crippen LogP contribution in [0.25, 0.3) is 22.1 Å². The highest BCUT2D eigenvalue weighted by Gasteiger charge is 2.24. The molecule has 0 aliphatic carbocycles. The number of carbonyl (C=O) groups excluding carboxylic acids is 2. The first kappa shape index (κ1) is 25.4. The van der Waals surface area contributed by atoms with Gasteiger partial charge in [0.05, 0.1) is 31.8 Å². The van der Waals surface area contributed by atoms with E-state index in [9.17, 15) is 18.8 Å². The minimum atomic E-state index is -0.816. The fourth-order valence-electron chi connectivity index (χ4n) is 3.73. The first-order chi connectivity index (χ1) is 17.9. The normalized spacial score (nSPS) is 10.7. The Morgan fingerprint density at radius 3 is 2.32 bits per heavy atom. The van der Waals surface area contributed by atoms with Gasteiger partial charge in [0.25, 0.3) is 0 Å². The Balaban J connectivity index is 1.74. The number of hydrogen-bond donors (Lipinski definition) is 0. The molecule has 0 bridgehead atoms. The van der Waals surface area contributed by atoms with Crippen LogP contribution >= 0.6 is 0 Å². The van der Waals surface area contributed by atoms with Crippen LogP contribution in [0.2, 0.25) is 0 Å². The van der Waals surface area contributed by atoms with E-state index in [1.165, 1.54) is 56.7 Å². The molecule has 0 N–H and O–H groups in total. The van der Waals surface area contributed by atoms with E-state index in [4.69, 9.17) is 23.4 Å². The molecular weight excluding hydrogens is 483 g/mol. The van der Waals surface area contributed by atoms with Crippen molar-refractivity contribution < 1.29 is 37.3 Å². The van der Waals surface area contributed by atoms with Crippen LogP contribution in [0.1, 0.15) is 27.8 Å². The van der Waals surface area contributed by atoms with Crippen molar-refractivity contribution in [1.29, 1.82) is 0 Å². The molecule has 9 heteroatoms. The van der Waals surface area contributed by atoms with Crippen molar-refractivity contribution in [2.45, 2.75) is 6.92 Å². The molecule has 0 unspecified atom stereocenters. The van der Waals surface area contributed by atoms with Crippen molar-refractivity contribution in [3.8, 4) is 28.4 Å². The Morgan fingerprint density at radius 1 is 0.919 bits per heavy atom. The van der Waals surface area contributed by atoms with E-state index in [-0.39, 0.29) is 52.6 Å². The second-order valence-electron chi connectivity index (χ2n) is 7.80. The highest BCUT2D eigenvalue weighted by atomic mass is 19.1. The van der Waals surface area contributed by atoms with Gasteiger partial charge in [0.1, 0.15) is 17.1 Å². The maximum atomic E-state index is 13.5. The summed E-state index contributed by atoms with van der Waals surface area (Å²) in [7, 11) is 2.94. The van der Waals surface area contributed by atoms with E-state index in [0.29, 0.717) is 17.1 Å². The molecule has 4 aromatic rings. The molecule has 0 fully saturated rings. The summed E-state index contributed by atoms with van der Waals surface area (Å²) >= 11 is 0. The van der Waals surface area contributed by atoms with Crippen LogP contribution in [0.5, 0.6) is 17.2 Å². The van der Waals surface area contributed by atoms with Crippen molar-refractivity contribution in [2.75, 3.05) is 27.4 Å². The maximum absolute atomic E-state index is 13.5. The summed E-state index contributed by atoms with van der Waals surface area (Å²) in [6.07, 6.45) is 0. The van der Waals surface area contributed by atoms with Gasteiger partial charge in [-0.1, -0.05) is 6.07 Å². The third kappa shape index (κ3) is 5.30. The van der Waals surface area contributed by atoms with Crippen molar-refractivity contribution in [3.63, 3.8) is 0 Å². The highest BCUT2D eigenvalue weighted by Crippen LogP contribution is 2.34. The number of hydrogen-bond acceptors (Lipinski definition) is 8. The Hall–Kier alpha value is -4.66. The predicted molar refractivity (Wildman–Crippen MR) is 133 cm³/mol. The third-order valence-electron chi connectivity index (χ3n) is 5.53. The van der Waals surface area contributed by atoms with Crippen molar-refractivity contribution in [3.05, 3.63) is 88.0 Å². The molecule has 0 aliphatic heterocycles. The van der Waals surface area contributed by atoms with Crippen LogP contribution in [0.3, 0.4) is 0 Å². The van der Waals surface area contributed by atoms with Crippen LogP contribution in [0.15, 0.2) is 69.9 Å². The van der Waals surface area contributed by atoms with Gasteiger partial charge in [-0.15, -0.1) is 0 Å². The Morgan fingerprint density at radius 2 is 1.65 bits per heavy atom. The number of fused-ring (bicyclic) bond motifs is 1. The van der Waals surface area contributed by atoms with Gasteiger partial charge in [-0.3, -0.25) is 9.59 Å². The molecule has 0 saturated heterocycles. The van der Waals surface area contributed by atoms with E-state index < -0.39 is 17.2 Å². The second-order valence-corrected chi connectivity index (χ2v) is 7.80. The predicted octanol–water partition coefficient (Wildman–Crippen LogP) is 5.05. The number of ether oxygens (including phenoxy) is 4. The van der Waals surface area contributed by atoms with Crippen molar-refractivity contribution >= 4 is 22.7 Å². The number of methoxy groups -OCH3 is 2. The summed E-state index contributed by atoms with van der Waals surface area (Å²) in [4.78, 5) is 38.7. The summed E-state index contributed by atoms with van der Waals surface area (Å²) in [5.41, 5.74) is 0.279. The zero-order valence-electron chi connectivity index (χ0n) is 20.3. The number of carbonyl (C=O) groups is 2. The lowest BCUT2D eigenvalue weighted by molar-refractivity contribution is 0.0492. The summed E-state index contributed by atoms with van der Waals surface area (Å²) in [5.74, 6) is -0.866. The van der Waals surface area contributed by atoms with Gasteiger partial charge in [-0.2, -0.15) is 0 Å². The third-order valence-corrected chi connectivity index (χ3v) is 5.53. The van der Waals surface area contributed by atoms with Gasteiger partial charge in [-0.25, -0.2) is 9.18 Å². The van der Waals surface area contributed by atoms with Gasteiger partial charge >= 0.3 is 5.97 Å². The quantitative estimate of drug-likeness (QED) is 0.230. The van der Waals surface area contributed by atoms with E-state index in [0.717, 1.165) is 0 Å². The van der Waals surface area contributed by atoms with Gasteiger partial charge in [-0.05, 0) is 61.0 Å². The van der Waals surface area contributed by atoms with E-state index >= 15 is 0 Å². The van der Waals surface area contributed by atoms with Crippen LogP contribution in [0, 0.1) is 5.82 Å². The summed E-state index contributed by atoms with van der Waals surface area (Å²) in [6.45, 7) is 1.38. The number of Topliss-reactive ketones (excluding diaryl/α,β-unsaturated/α-hetero) is 1. The average molecular weight is 506 g/mol.